The number of urea groups is 1. The summed E-state index contributed by atoms with van der Waals surface area (Å²) in [7, 11) is -3.55. The molecule has 0 spiro atoms. The smallest absolute Gasteiger partial charge is 0.317 e. The summed E-state index contributed by atoms with van der Waals surface area (Å²) in [5, 5.41) is 3.14. The first-order valence-electron chi connectivity index (χ1n) is 12.3. The van der Waals surface area contributed by atoms with Gasteiger partial charge in [0.1, 0.15) is 0 Å². The quantitative estimate of drug-likeness (QED) is 0.723. The molecular weight excluding hydrogens is 440 g/mol. The zero-order valence-electron chi connectivity index (χ0n) is 19.5. The maximum atomic E-state index is 13.0. The number of benzene rings is 1. The van der Waals surface area contributed by atoms with Crippen molar-refractivity contribution < 1.29 is 18.0 Å². The van der Waals surface area contributed by atoms with Crippen molar-refractivity contribution in [2.45, 2.75) is 75.3 Å². The molecule has 1 saturated carbocycles. The summed E-state index contributed by atoms with van der Waals surface area (Å²) < 4.78 is 27.6. The molecule has 3 fully saturated rings. The average Bonchev–Trinajstić information content (AvgIpc) is 2.84. The summed E-state index contributed by atoms with van der Waals surface area (Å²) in [6, 6.07) is 6.52. The number of carbonyl (C=O) groups excluding carboxylic acids is 2. The molecule has 4 rings (SSSR count). The Morgan fingerprint density at radius 3 is 2.06 bits per heavy atom. The molecule has 33 heavy (non-hydrogen) atoms. The number of hydrogen-bond acceptors (Lipinski definition) is 4. The fourth-order valence-electron chi connectivity index (χ4n) is 5.14. The van der Waals surface area contributed by atoms with Gasteiger partial charge in [0.25, 0.3) is 5.91 Å². The van der Waals surface area contributed by atoms with Gasteiger partial charge < -0.3 is 15.1 Å². The predicted molar refractivity (Wildman–Crippen MR) is 127 cm³/mol. The molecule has 0 radical (unpaired) electrons. The van der Waals surface area contributed by atoms with Crippen LogP contribution in [-0.2, 0) is 10.0 Å². The van der Waals surface area contributed by atoms with Crippen LogP contribution in [-0.4, -0.2) is 79.3 Å². The number of nitrogens with zero attached hydrogens (tertiary/aromatic N) is 3. The molecule has 2 aliphatic heterocycles. The number of piperidine rings is 1. The third kappa shape index (κ3) is 5.51. The van der Waals surface area contributed by atoms with E-state index in [4.69, 9.17) is 0 Å². The van der Waals surface area contributed by atoms with Crippen LogP contribution in [0.5, 0.6) is 0 Å². The Kier molecular flexibility index (Phi) is 7.58. The SMILES string of the molecule is CC1CCCCN1S(=O)(=O)c1ccc(C(=O)N2CCN(C(=O)NC3CCCCC3)CC2)cc1. The Morgan fingerprint density at radius 2 is 1.42 bits per heavy atom. The zero-order valence-corrected chi connectivity index (χ0v) is 20.4. The van der Waals surface area contributed by atoms with E-state index in [-0.39, 0.29) is 28.9 Å². The summed E-state index contributed by atoms with van der Waals surface area (Å²) >= 11 is 0. The zero-order chi connectivity index (χ0) is 23.4. The Hall–Kier alpha value is -2.13. The summed E-state index contributed by atoms with van der Waals surface area (Å²) in [6.07, 6.45) is 8.49. The molecule has 2 saturated heterocycles. The van der Waals surface area contributed by atoms with E-state index in [2.05, 4.69) is 5.32 Å². The van der Waals surface area contributed by atoms with Crippen LogP contribution in [0.3, 0.4) is 0 Å². The molecule has 1 unspecified atom stereocenters. The van der Waals surface area contributed by atoms with Crippen molar-refractivity contribution in [2.75, 3.05) is 32.7 Å². The van der Waals surface area contributed by atoms with Gasteiger partial charge in [0, 0.05) is 50.4 Å². The second-order valence-electron chi connectivity index (χ2n) is 9.55. The summed E-state index contributed by atoms with van der Waals surface area (Å²) in [5.41, 5.74) is 0.473. The third-order valence-corrected chi connectivity index (χ3v) is 9.26. The first kappa shape index (κ1) is 24.0. The van der Waals surface area contributed by atoms with Crippen LogP contribution in [0.1, 0.15) is 68.6 Å². The lowest BCUT2D eigenvalue weighted by Gasteiger charge is -2.36. The predicted octanol–water partition coefficient (Wildman–Crippen LogP) is 3.05. The standard InChI is InChI=1S/C24H36N4O4S/c1-19-7-5-6-14-28(19)33(31,32)22-12-10-20(11-13-22)23(29)26-15-17-27(18-16-26)24(30)25-21-8-3-2-4-9-21/h10-13,19,21H,2-9,14-18H2,1H3,(H,25,30). The van der Waals surface area contributed by atoms with E-state index in [0.717, 1.165) is 32.1 Å². The number of amides is 3. The first-order chi connectivity index (χ1) is 15.9. The van der Waals surface area contributed by atoms with E-state index in [1.54, 1.807) is 26.2 Å². The Morgan fingerprint density at radius 1 is 0.818 bits per heavy atom. The second-order valence-corrected chi connectivity index (χ2v) is 11.4. The van der Waals surface area contributed by atoms with Crippen molar-refractivity contribution in [1.29, 1.82) is 0 Å². The van der Waals surface area contributed by atoms with Crippen molar-refractivity contribution in [3.8, 4) is 0 Å². The number of rotatable bonds is 4. The molecule has 1 N–H and O–H groups in total. The van der Waals surface area contributed by atoms with Gasteiger partial charge in [-0.1, -0.05) is 25.7 Å². The van der Waals surface area contributed by atoms with E-state index >= 15 is 0 Å². The van der Waals surface area contributed by atoms with Crippen LogP contribution >= 0.6 is 0 Å². The molecule has 9 heteroatoms. The topological polar surface area (TPSA) is 90.0 Å². The highest BCUT2D eigenvalue weighted by atomic mass is 32.2. The largest absolute Gasteiger partial charge is 0.335 e. The molecule has 0 aromatic heterocycles. The lowest BCUT2D eigenvalue weighted by atomic mass is 9.96. The van der Waals surface area contributed by atoms with E-state index in [9.17, 15) is 18.0 Å². The molecule has 182 valence electrons. The van der Waals surface area contributed by atoms with Crippen LogP contribution in [0.2, 0.25) is 0 Å². The average molecular weight is 477 g/mol. The highest BCUT2D eigenvalue weighted by molar-refractivity contribution is 7.89. The summed E-state index contributed by atoms with van der Waals surface area (Å²) in [4.78, 5) is 29.3. The highest BCUT2D eigenvalue weighted by Crippen LogP contribution is 2.25. The van der Waals surface area contributed by atoms with Gasteiger partial charge in [-0.3, -0.25) is 4.79 Å². The van der Waals surface area contributed by atoms with Gasteiger partial charge >= 0.3 is 6.03 Å². The number of piperazine rings is 1. The van der Waals surface area contributed by atoms with Crippen LogP contribution < -0.4 is 5.32 Å². The van der Waals surface area contributed by atoms with Crippen molar-refractivity contribution in [3.05, 3.63) is 29.8 Å². The number of nitrogens with one attached hydrogen (secondary N) is 1. The lowest BCUT2D eigenvalue weighted by molar-refractivity contribution is 0.0662. The minimum atomic E-state index is -3.55. The van der Waals surface area contributed by atoms with Crippen molar-refractivity contribution in [3.63, 3.8) is 0 Å². The third-order valence-electron chi connectivity index (χ3n) is 7.24. The minimum Gasteiger partial charge on any atom is -0.335 e. The Labute approximate surface area is 197 Å². The maximum absolute atomic E-state index is 13.0. The molecule has 0 bridgehead atoms. The van der Waals surface area contributed by atoms with E-state index < -0.39 is 10.0 Å². The molecule has 1 aromatic carbocycles. The van der Waals surface area contributed by atoms with E-state index in [1.807, 2.05) is 6.92 Å². The molecule has 1 aliphatic carbocycles. The van der Waals surface area contributed by atoms with E-state index in [1.165, 1.54) is 31.4 Å². The Bertz CT molecular complexity index is 936. The lowest BCUT2D eigenvalue weighted by Crippen LogP contribution is -2.54. The van der Waals surface area contributed by atoms with Crippen LogP contribution in [0.4, 0.5) is 4.79 Å². The highest BCUT2D eigenvalue weighted by Gasteiger charge is 2.31. The first-order valence-corrected chi connectivity index (χ1v) is 13.8. The molecule has 8 nitrogen and oxygen atoms in total. The summed E-state index contributed by atoms with van der Waals surface area (Å²) in [6.45, 7) is 4.45. The maximum Gasteiger partial charge on any atom is 0.317 e. The van der Waals surface area contributed by atoms with Crippen molar-refractivity contribution in [1.82, 2.24) is 19.4 Å². The van der Waals surface area contributed by atoms with Crippen molar-refractivity contribution in [2.24, 2.45) is 0 Å². The van der Waals surface area contributed by atoms with Crippen LogP contribution in [0, 0.1) is 0 Å². The number of sulfonamides is 1. The monoisotopic (exact) mass is 476 g/mol. The van der Waals surface area contributed by atoms with Gasteiger partial charge in [-0.05, 0) is 56.9 Å². The fraction of sp³-hybridized carbons (Fsp3) is 0.667. The van der Waals surface area contributed by atoms with Gasteiger partial charge in [-0.15, -0.1) is 0 Å². The Balaban J connectivity index is 1.32. The molecule has 3 aliphatic rings. The van der Waals surface area contributed by atoms with Gasteiger partial charge in [0.15, 0.2) is 0 Å². The molecular formula is C24H36N4O4S. The second kappa shape index (κ2) is 10.4. The van der Waals surface area contributed by atoms with Gasteiger partial charge in [0.2, 0.25) is 10.0 Å². The fourth-order valence-corrected chi connectivity index (χ4v) is 6.84. The molecule has 1 atom stereocenters. The summed E-state index contributed by atoms with van der Waals surface area (Å²) in [5.74, 6) is -0.127. The van der Waals surface area contributed by atoms with Crippen molar-refractivity contribution >= 4 is 22.0 Å². The van der Waals surface area contributed by atoms with Gasteiger partial charge in [-0.25, -0.2) is 13.2 Å². The number of hydrogen-bond donors (Lipinski definition) is 1. The molecule has 2 heterocycles. The van der Waals surface area contributed by atoms with Gasteiger partial charge in [0.05, 0.1) is 4.90 Å². The van der Waals surface area contributed by atoms with Crippen LogP contribution in [0.15, 0.2) is 29.2 Å². The molecule has 3 amide bonds. The normalized spacial score (nSPS) is 23.4. The molecule has 1 aromatic rings. The van der Waals surface area contributed by atoms with E-state index in [0.29, 0.717) is 38.3 Å². The number of carbonyl (C=O) groups is 2. The minimum absolute atomic E-state index is 0.00309. The van der Waals surface area contributed by atoms with Crippen LogP contribution in [0.25, 0.3) is 0 Å². The van der Waals surface area contributed by atoms with Gasteiger partial charge in [-0.2, -0.15) is 4.31 Å².